The van der Waals surface area contributed by atoms with Crippen molar-refractivity contribution in [3.05, 3.63) is 113 Å². The Hall–Kier alpha value is -3.70. The first-order valence-electron chi connectivity index (χ1n) is 24.9. The zero-order chi connectivity index (χ0) is 45.0. The monoisotopic (exact) mass is 849 g/mol. The second kappa shape index (κ2) is 23.1. The molecule has 0 saturated carbocycles. The molecule has 4 aromatic rings. The van der Waals surface area contributed by atoms with Crippen LogP contribution in [0.4, 0.5) is 0 Å². The summed E-state index contributed by atoms with van der Waals surface area (Å²) < 4.78 is 31.2. The fourth-order valence-corrected chi connectivity index (χ4v) is 12.8. The van der Waals surface area contributed by atoms with Gasteiger partial charge in [0, 0.05) is 0 Å². The maximum Gasteiger partial charge on any atom is 0.966 e. The van der Waals surface area contributed by atoms with Crippen LogP contribution >= 0.6 is 0 Å². The van der Waals surface area contributed by atoms with E-state index in [1.807, 2.05) is 0 Å². The Labute approximate surface area is 375 Å². The molecule has 0 radical (unpaired) electrons. The van der Waals surface area contributed by atoms with Crippen molar-refractivity contribution in [2.24, 2.45) is 0 Å². The van der Waals surface area contributed by atoms with Crippen LogP contribution in [0.25, 0.3) is 0 Å². The summed E-state index contributed by atoms with van der Waals surface area (Å²) >= 11 is 0. The van der Waals surface area contributed by atoms with Gasteiger partial charge in [-0.05, 0) is 216 Å². The molecule has 61 heavy (non-hydrogen) atoms. The van der Waals surface area contributed by atoms with Gasteiger partial charge in [-0.15, -0.1) is 0 Å². The first-order valence-corrected chi connectivity index (χ1v) is 26.5. The highest BCUT2D eigenvalue weighted by atomic mass is 28.4. The van der Waals surface area contributed by atoms with Crippen LogP contribution in [0.1, 0.15) is 200 Å². The summed E-state index contributed by atoms with van der Waals surface area (Å²) in [4.78, 5) is 0. The van der Waals surface area contributed by atoms with E-state index in [0.29, 0.717) is 0 Å². The van der Waals surface area contributed by atoms with Gasteiger partial charge in [0.05, 0.1) is 0 Å². The van der Waals surface area contributed by atoms with Gasteiger partial charge in [-0.2, -0.15) is 0 Å². The highest BCUT2D eigenvalue weighted by molar-refractivity contribution is 6.57. The van der Waals surface area contributed by atoms with Crippen molar-refractivity contribution in [3.8, 4) is 23.0 Å². The summed E-state index contributed by atoms with van der Waals surface area (Å²) in [7, 11) is -4.35. The summed E-state index contributed by atoms with van der Waals surface area (Å²) in [6, 6.07) is 9.21. The quantitative estimate of drug-likeness (QED) is 0.0658. The molecule has 0 aliphatic carbocycles. The maximum absolute atomic E-state index is 7.80. The number of aryl methyl sites for hydroxylation is 4. The lowest BCUT2D eigenvalue weighted by atomic mass is 9.89. The number of benzene rings is 4. The lowest BCUT2D eigenvalue weighted by Crippen LogP contribution is -2.61. The molecule has 0 atom stereocenters. The average Bonchev–Trinajstić information content (AvgIpc) is 3.28. The van der Waals surface area contributed by atoms with Crippen molar-refractivity contribution in [3.63, 3.8) is 0 Å². The molecule has 5 heteroatoms. The first-order chi connectivity index (χ1) is 29.5. The molecule has 336 valence electrons. The van der Waals surface area contributed by atoms with Crippen molar-refractivity contribution in [2.75, 3.05) is 0 Å². The minimum atomic E-state index is -4.35. The fraction of sp³-hybridized carbons (Fsp3) is 0.571. The summed E-state index contributed by atoms with van der Waals surface area (Å²) in [5.74, 6) is 3.33. The van der Waals surface area contributed by atoms with E-state index in [4.69, 9.17) is 17.7 Å². The van der Waals surface area contributed by atoms with Gasteiger partial charge < -0.3 is 17.7 Å². The van der Waals surface area contributed by atoms with Crippen molar-refractivity contribution in [1.29, 1.82) is 0 Å². The second-order valence-electron chi connectivity index (χ2n) is 16.4. The van der Waals surface area contributed by atoms with E-state index in [1.165, 1.54) is 89.0 Å². The molecule has 0 heterocycles. The Morgan fingerprint density at radius 1 is 0.230 bits per heavy atom. The van der Waals surface area contributed by atoms with Gasteiger partial charge in [0.2, 0.25) is 0 Å². The van der Waals surface area contributed by atoms with Crippen LogP contribution < -0.4 is 17.7 Å². The van der Waals surface area contributed by atoms with E-state index in [1.54, 1.807) is 0 Å². The van der Waals surface area contributed by atoms with Crippen LogP contribution in [-0.4, -0.2) is 9.05 Å². The Bertz CT molecular complexity index is 1790. The SMILES string of the molecule is CCc1cc(O[Si](Oc2cc(CC)c(CC)c(CC)c2CC)(Oc2cc(CC)c(CC)c(CC)c2CC)Oc2cc(CC)c(CC)c(CC)c2CC)c(CC)c(CC)c1CC. The minimum Gasteiger partial charge on any atom is -0.452 e. The van der Waals surface area contributed by atoms with E-state index in [-0.39, 0.29) is 0 Å². The van der Waals surface area contributed by atoms with Crippen LogP contribution in [0.15, 0.2) is 24.3 Å². The predicted octanol–water partition coefficient (Wildman–Crippen LogP) is 14.7. The second-order valence-corrected chi connectivity index (χ2v) is 18.3. The average molecular weight is 849 g/mol. The van der Waals surface area contributed by atoms with E-state index in [2.05, 4.69) is 135 Å². The van der Waals surface area contributed by atoms with Crippen LogP contribution in [0.3, 0.4) is 0 Å². The van der Waals surface area contributed by atoms with Crippen molar-refractivity contribution in [2.45, 2.75) is 214 Å². The van der Waals surface area contributed by atoms with Gasteiger partial charge in [0.25, 0.3) is 0 Å². The molecule has 0 aromatic heterocycles. The van der Waals surface area contributed by atoms with Crippen molar-refractivity contribution < 1.29 is 17.7 Å². The molecular formula is C56H84O4Si. The largest absolute Gasteiger partial charge is 0.966 e. The third-order valence-electron chi connectivity index (χ3n) is 13.6. The minimum absolute atomic E-state index is 0.832. The zero-order valence-electron chi connectivity index (χ0n) is 41.8. The van der Waals surface area contributed by atoms with E-state index in [9.17, 15) is 0 Å². The van der Waals surface area contributed by atoms with Gasteiger partial charge in [0.15, 0.2) is 0 Å². The smallest absolute Gasteiger partial charge is 0.452 e. The van der Waals surface area contributed by atoms with Crippen LogP contribution in [0, 0.1) is 0 Å². The summed E-state index contributed by atoms with van der Waals surface area (Å²) in [6.07, 6.45) is 14.7. The highest BCUT2D eigenvalue weighted by Gasteiger charge is 2.60. The molecule has 0 amide bonds. The highest BCUT2D eigenvalue weighted by Crippen LogP contribution is 2.41. The lowest BCUT2D eigenvalue weighted by Gasteiger charge is -2.34. The van der Waals surface area contributed by atoms with E-state index in [0.717, 1.165) is 126 Å². The first kappa shape index (κ1) is 49.9. The zero-order valence-corrected chi connectivity index (χ0v) is 42.8. The molecule has 0 spiro atoms. The van der Waals surface area contributed by atoms with E-state index >= 15 is 0 Å². The maximum atomic E-state index is 7.80. The van der Waals surface area contributed by atoms with Gasteiger partial charge in [0.1, 0.15) is 23.0 Å². The molecule has 0 N–H and O–H groups in total. The summed E-state index contributed by atoms with van der Waals surface area (Å²) in [5.41, 5.74) is 21.5. The molecule has 0 saturated heterocycles. The van der Waals surface area contributed by atoms with Crippen LogP contribution in [0.5, 0.6) is 23.0 Å². The van der Waals surface area contributed by atoms with Gasteiger partial charge in [-0.3, -0.25) is 0 Å². The summed E-state index contributed by atoms with van der Waals surface area (Å²) in [5, 5.41) is 0. The Morgan fingerprint density at radius 3 is 0.525 bits per heavy atom. The van der Waals surface area contributed by atoms with Gasteiger partial charge in [-0.1, -0.05) is 111 Å². The molecular weight excluding hydrogens is 765 g/mol. The molecule has 4 nitrogen and oxygen atoms in total. The number of rotatable bonds is 24. The molecule has 4 aromatic carbocycles. The topological polar surface area (TPSA) is 36.9 Å². The molecule has 0 unspecified atom stereocenters. The molecule has 0 bridgehead atoms. The van der Waals surface area contributed by atoms with E-state index < -0.39 is 9.05 Å². The molecule has 0 aliphatic rings. The number of hydrogen-bond donors (Lipinski definition) is 0. The Kier molecular flexibility index (Phi) is 18.9. The fourth-order valence-electron chi connectivity index (χ4n) is 10.7. The predicted molar refractivity (Wildman–Crippen MR) is 264 cm³/mol. The summed E-state index contributed by atoms with van der Waals surface area (Å²) in [6.45, 7) is 36.4. The van der Waals surface area contributed by atoms with Crippen molar-refractivity contribution >= 4 is 9.05 Å². The van der Waals surface area contributed by atoms with Crippen molar-refractivity contribution in [1.82, 2.24) is 0 Å². The van der Waals surface area contributed by atoms with Crippen LogP contribution in [0.2, 0.25) is 0 Å². The lowest BCUT2D eigenvalue weighted by molar-refractivity contribution is 0.158. The standard InChI is InChI=1S/C56H84O4Si/c1-17-37-33-53(49(29-13)45(25-9)41(37)21-5)57-61(58-54-34-38(18-2)42(22-6)46(26-10)50(54)30-14,59-55-35-39(19-3)43(23-7)47(27-11)51(55)31-15)60-56-36-40(20-4)44(24-8)48(28-12)52(56)32-16/h33-36H,17-32H2,1-16H3. The third-order valence-corrected chi connectivity index (χ3v) is 15.5. The molecule has 0 aliphatic heterocycles. The van der Waals surface area contributed by atoms with Gasteiger partial charge >= 0.3 is 9.05 Å². The number of hydrogen-bond acceptors (Lipinski definition) is 4. The molecule has 4 rings (SSSR count). The third kappa shape index (κ3) is 10.1. The Balaban J connectivity index is 2.31. The van der Waals surface area contributed by atoms with Crippen LogP contribution in [-0.2, 0) is 103 Å². The Morgan fingerprint density at radius 2 is 0.393 bits per heavy atom. The normalized spacial score (nSPS) is 11.7. The van der Waals surface area contributed by atoms with Gasteiger partial charge in [-0.25, -0.2) is 0 Å². The molecule has 0 fully saturated rings.